The number of amides is 1. The number of carbonyl (C=O) groups is 1. The zero-order valence-electron chi connectivity index (χ0n) is 12.2. The van der Waals surface area contributed by atoms with Crippen LogP contribution in [-0.2, 0) is 6.54 Å². The molecule has 0 saturated heterocycles. The fourth-order valence-electron chi connectivity index (χ4n) is 1.85. The number of nitrogens with one attached hydrogen (secondary N) is 2. The summed E-state index contributed by atoms with van der Waals surface area (Å²) in [6.07, 6.45) is 7.28. The van der Waals surface area contributed by atoms with Gasteiger partial charge >= 0.3 is 0 Å². The van der Waals surface area contributed by atoms with Crippen LogP contribution < -0.4 is 10.6 Å². The average molecular weight is 284 g/mol. The van der Waals surface area contributed by atoms with Crippen LogP contribution in [0.15, 0.2) is 42.9 Å². The fourth-order valence-corrected chi connectivity index (χ4v) is 1.85. The number of hydrogen-bond donors (Lipinski definition) is 2. The topological polar surface area (TPSA) is 66.9 Å². The van der Waals surface area contributed by atoms with Crippen LogP contribution in [0.4, 0.5) is 5.82 Å². The lowest BCUT2D eigenvalue weighted by molar-refractivity contribution is 0.0951. The van der Waals surface area contributed by atoms with E-state index in [1.165, 1.54) is 0 Å². The van der Waals surface area contributed by atoms with Crippen LogP contribution in [0.1, 0.15) is 35.7 Å². The van der Waals surface area contributed by atoms with Gasteiger partial charge in [0.05, 0.1) is 0 Å². The van der Waals surface area contributed by atoms with Crippen LogP contribution in [0, 0.1) is 0 Å². The van der Waals surface area contributed by atoms with Gasteiger partial charge in [-0.3, -0.25) is 9.78 Å². The van der Waals surface area contributed by atoms with Crippen molar-refractivity contribution in [3.8, 4) is 0 Å². The van der Waals surface area contributed by atoms with E-state index in [9.17, 15) is 4.79 Å². The lowest BCUT2D eigenvalue weighted by Crippen LogP contribution is -2.23. The van der Waals surface area contributed by atoms with Crippen molar-refractivity contribution < 1.29 is 4.79 Å². The minimum Gasteiger partial charge on any atom is -0.370 e. The van der Waals surface area contributed by atoms with Crippen molar-refractivity contribution in [1.82, 2.24) is 15.3 Å². The third-order valence-corrected chi connectivity index (χ3v) is 3.06. The summed E-state index contributed by atoms with van der Waals surface area (Å²) >= 11 is 0. The van der Waals surface area contributed by atoms with Crippen molar-refractivity contribution >= 4 is 11.7 Å². The lowest BCUT2D eigenvalue weighted by Gasteiger charge is -2.08. The number of carbonyl (C=O) groups excluding carboxylic acids is 1. The normalized spacial score (nSPS) is 10.1. The predicted molar refractivity (Wildman–Crippen MR) is 83.0 cm³/mol. The lowest BCUT2D eigenvalue weighted by atomic mass is 10.2. The maximum Gasteiger partial charge on any atom is 0.251 e. The number of aromatic nitrogens is 2. The van der Waals surface area contributed by atoms with Gasteiger partial charge in [-0.1, -0.05) is 13.3 Å². The Hall–Kier alpha value is -2.43. The van der Waals surface area contributed by atoms with E-state index in [2.05, 4.69) is 27.5 Å². The molecule has 2 rings (SSSR count). The first kappa shape index (κ1) is 15.0. The summed E-state index contributed by atoms with van der Waals surface area (Å²) in [5.41, 5.74) is 1.63. The minimum atomic E-state index is -0.104. The van der Waals surface area contributed by atoms with E-state index >= 15 is 0 Å². The van der Waals surface area contributed by atoms with Gasteiger partial charge in [0.1, 0.15) is 5.82 Å². The van der Waals surface area contributed by atoms with Gasteiger partial charge in [0.15, 0.2) is 0 Å². The van der Waals surface area contributed by atoms with Crippen molar-refractivity contribution in [3.63, 3.8) is 0 Å². The maximum atomic E-state index is 12.1. The standard InChI is InChI=1S/C16H20N4O/c1-2-3-7-18-15-11-14(6-10-19-15)16(21)20-12-13-4-8-17-9-5-13/h4-6,8-11H,2-3,7,12H2,1H3,(H,18,19)(H,20,21). The SMILES string of the molecule is CCCCNc1cc(C(=O)NCc2ccncc2)ccn1. The zero-order valence-corrected chi connectivity index (χ0v) is 12.2. The molecule has 2 aromatic heterocycles. The molecule has 2 N–H and O–H groups in total. The molecule has 0 spiro atoms. The van der Waals surface area contributed by atoms with E-state index < -0.39 is 0 Å². The number of unbranched alkanes of at least 4 members (excludes halogenated alkanes) is 1. The average Bonchev–Trinajstić information content (AvgIpc) is 2.54. The Morgan fingerprint density at radius 3 is 2.76 bits per heavy atom. The second-order valence-corrected chi connectivity index (χ2v) is 4.75. The Balaban J connectivity index is 1.91. The van der Waals surface area contributed by atoms with Gasteiger partial charge in [-0.2, -0.15) is 0 Å². The first-order chi connectivity index (χ1) is 10.3. The van der Waals surface area contributed by atoms with E-state index in [1.54, 1.807) is 30.7 Å². The van der Waals surface area contributed by atoms with Crippen molar-refractivity contribution in [2.75, 3.05) is 11.9 Å². The molecule has 110 valence electrons. The van der Waals surface area contributed by atoms with Crippen LogP contribution in [0.25, 0.3) is 0 Å². The minimum absolute atomic E-state index is 0.104. The summed E-state index contributed by atoms with van der Waals surface area (Å²) in [5, 5.41) is 6.10. The molecule has 0 radical (unpaired) electrons. The molecular formula is C16H20N4O. The molecule has 0 aliphatic carbocycles. The molecular weight excluding hydrogens is 264 g/mol. The van der Waals surface area contributed by atoms with Gasteiger partial charge in [0.25, 0.3) is 5.91 Å². The van der Waals surface area contributed by atoms with E-state index in [1.807, 2.05) is 12.1 Å². The molecule has 2 aromatic rings. The summed E-state index contributed by atoms with van der Waals surface area (Å²) in [6.45, 7) is 3.49. The van der Waals surface area contributed by atoms with Crippen LogP contribution in [0.5, 0.6) is 0 Å². The van der Waals surface area contributed by atoms with E-state index in [0.29, 0.717) is 12.1 Å². The van der Waals surface area contributed by atoms with Crippen LogP contribution in [-0.4, -0.2) is 22.4 Å². The molecule has 0 aliphatic rings. The Kier molecular flexibility index (Phi) is 5.70. The fraction of sp³-hybridized carbons (Fsp3) is 0.312. The Labute approximate surface area is 124 Å². The number of pyridine rings is 2. The van der Waals surface area contributed by atoms with Crippen molar-refractivity contribution in [2.24, 2.45) is 0 Å². The van der Waals surface area contributed by atoms with Crippen LogP contribution in [0.2, 0.25) is 0 Å². The van der Waals surface area contributed by atoms with E-state index in [-0.39, 0.29) is 5.91 Å². The molecule has 0 saturated carbocycles. The molecule has 0 unspecified atom stereocenters. The molecule has 1 amide bonds. The highest BCUT2D eigenvalue weighted by Gasteiger charge is 2.06. The number of nitrogens with zero attached hydrogens (tertiary/aromatic N) is 2. The number of anilines is 1. The highest BCUT2D eigenvalue weighted by atomic mass is 16.1. The van der Waals surface area contributed by atoms with Gasteiger partial charge < -0.3 is 10.6 Å². The van der Waals surface area contributed by atoms with Crippen LogP contribution >= 0.6 is 0 Å². The van der Waals surface area contributed by atoms with Crippen molar-refractivity contribution in [2.45, 2.75) is 26.3 Å². The molecule has 2 heterocycles. The molecule has 5 heteroatoms. The summed E-state index contributed by atoms with van der Waals surface area (Å²) in [7, 11) is 0. The van der Waals surface area contributed by atoms with Gasteiger partial charge in [-0.25, -0.2) is 4.98 Å². The molecule has 21 heavy (non-hydrogen) atoms. The smallest absolute Gasteiger partial charge is 0.251 e. The van der Waals surface area contributed by atoms with Crippen LogP contribution in [0.3, 0.4) is 0 Å². The Bertz CT molecular complexity index is 571. The molecule has 0 aliphatic heterocycles. The second kappa shape index (κ2) is 7.99. The molecule has 0 bridgehead atoms. The van der Waals surface area contributed by atoms with E-state index in [0.717, 1.165) is 30.8 Å². The van der Waals surface area contributed by atoms with Crippen molar-refractivity contribution in [3.05, 3.63) is 54.0 Å². The largest absolute Gasteiger partial charge is 0.370 e. The van der Waals surface area contributed by atoms with Gasteiger partial charge in [-0.05, 0) is 36.2 Å². The Morgan fingerprint density at radius 1 is 1.19 bits per heavy atom. The second-order valence-electron chi connectivity index (χ2n) is 4.75. The number of hydrogen-bond acceptors (Lipinski definition) is 4. The molecule has 0 atom stereocenters. The third kappa shape index (κ3) is 4.87. The summed E-state index contributed by atoms with van der Waals surface area (Å²) in [4.78, 5) is 20.3. The first-order valence-electron chi connectivity index (χ1n) is 7.16. The third-order valence-electron chi connectivity index (χ3n) is 3.06. The maximum absolute atomic E-state index is 12.1. The van der Waals surface area contributed by atoms with Gasteiger partial charge in [0, 0.05) is 37.2 Å². The van der Waals surface area contributed by atoms with E-state index in [4.69, 9.17) is 0 Å². The monoisotopic (exact) mass is 284 g/mol. The van der Waals surface area contributed by atoms with Gasteiger partial charge in [-0.15, -0.1) is 0 Å². The van der Waals surface area contributed by atoms with Crippen molar-refractivity contribution in [1.29, 1.82) is 0 Å². The highest BCUT2D eigenvalue weighted by Crippen LogP contribution is 2.07. The summed E-state index contributed by atoms with van der Waals surface area (Å²) < 4.78 is 0. The number of rotatable bonds is 7. The Morgan fingerprint density at radius 2 is 2.00 bits per heavy atom. The molecule has 5 nitrogen and oxygen atoms in total. The zero-order chi connectivity index (χ0) is 14.9. The summed E-state index contributed by atoms with van der Waals surface area (Å²) in [6, 6.07) is 7.25. The quantitative estimate of drug-likeness (QED) is 0.767. The summed E-state index contributed by atoms with van der Waals surface area (Å²) in [5.74, 6) is 0.632. The molecule has 0 fully saturated rings. The predicted octanol–water partition coefficient (Wildman–Crippen LogP) is 2.62. The first-order valence-corrected chi connectivity index (χ1v) is 7.16. The van der Waals surface area contributed by atoms with Gasteiger partial charge in [0.2, 0.25) is 0 Å². The highest BCUT2D eigenvalue weighted by molar-refractivity contribution is 5.94. The molecule has 0 aromatic carbocycles.